The Bertz CT molecular complexity index is 673. The van der Waals surface area contributed by atoms with E-state index in [0.29, 0.717) is 6.04 Å². The van der Waals surface area contributed by atoms with Gasteiger partial charge in [-0.25, -0.2) is 0 Å². The maximum Gasteiger partial charge on any atom is 0.0305 e. The molecule has 1 N–H and O–H groups in total. The van der Waals surface area contributed by atoms with Gasteiger partial charge in [-0.15, -0.1) is 11.3 Å². The van der Waals surface area contributed by atoms with Crippen molar-refractivity contribution in [1.82, 2.24) is 5.32 Å². The Morgan fingerprint density at radius 2 is 1.57 bits per heavy atom. The maximum atomic E-state index is 3.59. The summed E-state index contributed by atoms with van der Waals surface area (Å²) in [6.07, 6.45) is 0. The van der Waals surface area contributed by atoms with E-state index in [4.69, 9.17) is 0 Å². The van der Waals surface area contributed by atoms with Crippen molar-refractivity contribution in [3.63, 3.8) is 0 Å². The minimum Gasteiger partial charge on any atom is -0.305 e. The van der Waals surface area contributed by atoms with Gasteiger partial charge in [0, 0.05) is 17.5 Å². The van der Waals surface area contributed by atoms with Crippen LogP contribution in [0.1, 0.15) is 23.4 Å². The predicted octanol–water partition coefficient (Wildman–Crippen LogP) is 5.27. The molecule has 1 aromatic heterocycles. The van der Waals surface area contributed by atoms with E-state index in [-0.39, 0.29) is 0 Å². The third-order valence-electron chi connectivity index (χ3n) is 3.64. The highest BCUT2D eigenvalue weighted by Crippen LogP contribution is 2.25. The minimum absolute atomic E-state index is 0.369. The summed E-state index contributed by atoms with van der Waals surface area (Å²) in [7, 11) is 0. The van der Waals surface area contributed by atoms with Gasteiger partial charge in [-0.1, -0.05) is 60.7 Å². The highest BCUT2D eigenvalue weighted by atomic mass is 32.1. The Morgan fingerprint density at radius 3 is 2.29 bits per heavy atom. The Balaban J connectivity index is 1.63. The molecule has 0 fully saturated rings. The highest BCUT2D eigenvalue weighted by Gasteiger charge is 2.06. The summed E-state index contributed by atoms with van der Waals surface area (Å²) in [6.45, 7) is 3.12. The van der Waals surface area contributed by atoms with Crippen molar-refractivity contribution >= 4 is 11.3 Å². The summed E-state index contributed by atoms with van der Waals surface area (Å²) in [4.78, 5) is 1.37. The molecule has 3 rings (SSSR count). The Morgan fingerprint density at radius 1 is 0.905 bits per heavy atom. The second kappa shape index (κ2) is 6.70. The van der Waals surface area contributed by atoms with Gasteiger partial charge >= 0.3 is 0 Å². The summed E-state index contributed by atoms with van der Waals surface area (Å²) in [5.74, 6) is 0. The Hall–Kier alpha value is -1.90. The van der Waals surface area contributed by atoms with Gasteiger partial charge in [0.2, 0.25) is 0 Å². The monoisotopic (exact) mass is 293 g/mol. The van der Waals surface area contributed by atoms with E-state index in [1.54, 1.807) is 0 Å². The zero-order chi connectivity index (χ0) is 14.5. The molecule has 0 aliphatic carbocycles. The lowest BCUT2D eigenvalue weighted by atomic mass is 10.1. The van der Waals surface area contributed by atoms with Crippen LogP contribution in [0.2, 0.25) is 0 Å². The van der Waals surface area contributed by atoms with Crippen LogP contribution in [-0.2, 0) is 6.54 Å². The molecule has 0 bridgehead atoms. The van der Waals surface area contributed by atoms with Crippen LogP contribution in [0.5, 0.6) is 0 Å². The van der Waals surface area contributed by atoms with Crippen LogP contribution in [0.4, 0.5) is 0 Å². The van der Waals surface area contributed by atoms with Crippen molar-refractivity contribution in [3.05, 3.63) is 82.6 Å². The number of rotatable bonds is 5. The smallest absolute Gasteiger partial charge is 0.0305 e. The average molecular weight is 293 g/mol. The molecule has 0 saturated heterocycles. The Kier molecular flexibility index (Phi) is 4.49. The molecule has 3 aromatic rings. The molecular weight excluding hydrogens is 274 g/mol. The summed E-state index contributed by atoms with van der Waals surface area (Å²) in [6, 6.07) is 23.8. The molecule has 1 heterocycles. The van der Waals surface area contributed by atoms with E-state index in [1.165, 1.54) is 21.6 Å². The second-order valence-electron chi connectivity index (χ2n) is 5.18. The fraction of sp³-hybridized carbons (Fsp3) is 0.158. The molecule has 0 spiro atoms. The summed E-state index contributed by atoms with van der Waals surface area (Å²) in [5.41, 5.74) is 3.93. The molecule has 0 aliphatic rings. The first-order chi connectivity index (χ1) is 10.3. The SMILES string of the molecule is CC(NCc1cc(-c2ccccc2)cs1)c1ccccc1. The molecule has 21 heavy (non-hydrogen) atoms. The third kappa shape index (κ3) is 3.60. The molecule has 0 aliphatic heterocycles. The molecule has 2 heteroatoms. The van der Waals surface area contributed by atoms with Gasteiger partial charge in [0.05, 0.1) is 0 Å². The number of benzene rings is 2. The van der Waals surface area contributed by atoms with E-state index in [1.807, 2.05) is 11.3 Å². The number of hydrogen-bond donors (Lipinski definition) is 1. The van der Waals surface area contributed by atoms with Gasteiger partial charge in [-0.05, 0) is 35.1 Å². The minimum atomic E-state index is 0.369. The molecular formula is C19H19NS. The molecule has 0 amide bonds. The van der Waals surface area contributed by atoms with Crippen molar-refractivity contribution in [1.29, 1.82) is 0 Å². The first-order valence-electron chi connectivity index (χ1n) is 7.24. The maximum absolute atomic E-state index is 3.59. The van der Waals surface area contributed by atoms with Gasteiger partial charge in [-0.3, -0.25) is 0 Å². The van der Waals surface area contributed by atoms with Crippen LogP contribution in [-0.4, -0.2) is 0 Å². The first-order valence-corrected chi connectivity index (χ1v) is 8.12. The lowest BCUT2D eigenvalue weighted by Crippen LogP contribution is -2.17. The predicted molar refractivity (Wildman–Crippen MR) is 91.5 cm³/mol. The molecule has 0 saturated carbocycles. The van der Waals surface area contributed by atoms with Crippen molar-refractivity contribution in [2.24, 2.45) is 0 Å². The van der Waals surface area contributed by atoms with Gasteiger partial charge in [0.1, 0.15) is 0 Å². The average Bonchev–Trinajstić information content (AvgIpc) is 3.03. The van der Waals surface area contributed by atoms with Crippen molar-refractivity contribution in [2.45, 2.75) is 19.5 Å². The Labute approximate surface area is 130 Å². The zero-order valence-electron chi connectivity index (χ0n) is 12.1. The van der Waals surface area contributed by atoms with Crippen LogP contribution in [0.25, 0.3) is 11.1 Å². The van der Waals surface area contributed by atoms with E-state index in [2.05, 4.69) is 84.4 Å². The summed E-state index contributed by atoms with van der Waals surface area (Å²) in [5, 5.41) is 5.83. The van der Waals surface area contributed by atoms with Crippen LogP contribution in [0.15, 0.2) is 72.1 Å². The van der Waals surface area contributed by atoms with Crippen LogP contribution >= 0.6 is 11.3 Å². The van der Waals surface area contributed by atoms with Gasteiger partial charge in [-0.2, -0.15) is 0 Å². The normalized spacial score (nSPS) is 12.2. The molecule has 106 valence electrons. The van der Waals surface area contributed by atoms with Crippen molar-refractivity contribution in [3.8, 4) is 11.1 Å². The largest absolute Gasteiger partial charge is 0.305 e. The van der Waals surface area contributed by atoms with Crippen molar-refractivity contribution < 1.29 is 0 Å². The highest BCUT2D eigenvalue weighted by molar-refractivity contribution is 7.10. The van der Waals surface area contributed by atoms with Crippen molar-refractivity contribution in [2.75, 3.05) is 0 Å². The number of hydrogen-bond acceptors (Lipinski definition) is 2. The molecule has 1 unspecified atom stereocenters. The van der Waals surface area contributed by atoms with E-state index >= 15 is 0 Å². The van der Waals surface area contributed by atoms with Gasteiger partial charge in [0.25, 0.3) is 0 Å². The van der Waals surface area contributed by atoms with E-state index in [9.17, 15) is 0 Å². The second-order valence-corrected chi connectivity index (χ2v) is 6.18. The number of thiophene rings is 1. The fourth-order valence-electron chi connectivity index (χ4n) is 2.37. The first kappa shape index (κ1) is 14.1. The van der Waals surface area contributed by atoms with Crippen LogP contribution in [0.3, 0.4) is 0 Å². The topological polar surface area (TPSA) is 12.0 Å². The lowest BCUT2D eigenvalue weighted by molar-refractivity contribution is 0.579. The number of nitrogens with one attached hydrogen (secondary N) is 1. The molecule has 1 atom stereocenters. The quantitative estimate of drug-likeness (QED) is 0.676. The fourth-order valence-corrected chi connectivity index (χ4v) is 3.21. The van der Waals surface area contributed by atoms with Gasteiger partial charge in [0.15, 0.2) is 0 Å². The molecule has 2 aromatic carbocycles. The third-order valence-corrected chi connectivity index (χ3v) is 4.58. The molecule has 1 nitrogen and oxygen atoms in total. The summed E-state index contributed by atoms with van der Waals surface area (Å²) < 4.78 is 0. The lowest BCUT2D eigenvalue weighted by Gasteiger charge is -2.13. The van der Waals surface area contributed by atoms with Gasteiger partial charge < -0.3 is 5.32 Å². The van der Waals surface area contributed by atoms with Crippen LogP contribution in [0, 0.1) is 0 Å². The molecule has 0 radical (unpaired) electrons. The zero-order valence-corrected chi connectivity index (χ0v) is 12.9. The van der Waals surface area contributed by atoms with E-state index < -0.39 is 0 Å². The van der Waals surface area contributed by atoms with E-state index in [0.717, 1.165) is 6.54 Å². The van der Waals surface area contributed by atoms with Crippen LogP contribution < -0.4 is 5.32 Å². The summed E-state index contributed by atoms with van der Waals surface area (Å²) >= 11 is 1.82. The standard InChI is InChI=1S/C19H19NS/c1-15(16-8-4-2-5-9-16)20-13-19-12-18(14-21-19)17-10-6-3-7-11-17/h2-12,14-15,20H,13H2,1H3.